The lowest BCUT2D eigenvalue weighted by atomic mass is 10.2. The van der Waals surface area contributed by atoms with Gasteiger partial charge in [0.1, 0.15) is 10.0 Å². The summed E-state index contributed by atoms with van der Waals surface area (Å²) in [7, 11) is 3.92. The predicted octanol–water partition coefficient (Wildman–Crippen LogP) is 1.44. The average Bonchev–Trinajstić information content (AvgIpc) is 2.77. The van der Waals surface area contributed by atoms with Crippen LogP contribution in [0.3, 0.4) is 0 Å². The van der Waals surface area contributed by atoms with E-state index in [4.69, 9.17) is 0 Å². The van der Waals surface area contributed by atoms with Crippen LogP contribution in [0.2, 0.25) is 0 Å². The molecule has 1 aromatic rings. The van der Waals surface area contributed by atoms with Gasteiger partial charge in [0.2, 0.25) is 5.91 Å². The third-order valence-electron chi connectivity index (χ3n) is 2.35. The Hall–Kier alpha value is -1.27. The molecule has 1 N–H and O–H groups in total. The summed E-state index contributed by atoms with van der Waals surface area (Å²) in [6.45, 7) is 5.56. The highest BCUT2D eigenvalue weighted by Gasteiger charge is 2.07. The fourth-order valence-corrected chi connectivity index (χ4v) is 2.17. The highest BCUT2D eigenvalue weighted by atomic mass is 32.1. The number of hydrogen-bond acceptors (Lipinski definition) is 5. The molecule has 0 spiro atoms. The van der Waals surface area contributed by atoms with Crippen molar-refractivity contribution in [3.63, 3.8) is 0 Å². The first-order valence-electron chi connectivity index (χ1n) is 6.40. The smallest absolute Gasteiger partial charge is 0.243 e. The Bertz CT molecular complexity index is 426. The second-order valence-electron chi connectivity index (χ2n) is 4.89. The molecule has 1 amide bonds. The van der Waals surface area contributed by atoms with Gasteiger partial charge in [0.05, 0.1) is 0 Å². The maximum absolute atomic E-state index is 11.5. The maximum Gasteiger partial charge on any atom is 0.243 e. The minimum Gasteiger partial charge on any atom is -0.352 e. The highest BCUT2D eigenvalue weighted by Crippen LogP contribution is 2.18. The van der Waals surface area contributed by atoms with E-state index >= 15 is 0 Å². The summed E-state index contributed by atoms with van der Waals surface area (Å²) in [5.41, 5.74) is 0. The van der Waals surface area contributed by atoms with E-state index < -0.39 is 0 Å². The lowest BCUT2D eigenvalue weighted by molar-refractivity contribution is -0.116. The van der Waals surface area contributed by atoms with Gasteiger partial charge >= 0.3 is 0 Å². The highest BCUT2D eigenvalue weighted by molar-refractivity contribution is 7.11. The molecule has 0 unspecified atom stereocenters. The number of nitrogens with zero attached hydrogens (tertiary/aromatic N) is 3. The van der Waals surface area contributed by atoms with Crippen LogP contribution in [-0.4, -0.2) is 48.2 Å². The first kappa shape index (κ1) is 15.8. The van der Waals surface area contributed by atoms with Crippen LogP contribution in [0.25, 0.3) is 0 Å². The van der Waals surface area contributed by atoms with Crippen molar-refractivity contribution in [1.29, 1.82) is 0 Å². The minimum atomic E-state index is -0.0598. The van der Waals surface area contributed by atoms with Gasteiger partial charge in [-0.15, -0.1) is 21.5 Å². The summed E-state index contributed by atoms with van der Waals surface area (Å²) in [5, 5.41) is 13.1. The lowest BCUT2D eigenvalue weighted by Crippen LogP contribution is -2.24. The molecule has 106 valence electrons. The van der Waals surface area contributed by atoms with E-state index in [1.165, 1.54) is 0 Å². The Morgan fingerprint density at radius 2 is 2.16 bits per heavy atom. The number of rotatable bonds is 7. The third kappa shape index (κ3) is 6.45. The first-order valence-corrected chi connectivity index (χ1v) is 7.22. The van der Waals surface area contributed by atoms with Gasteiger partial charge in [0.15, 0.2) is 0 Å². The van der Waals surface area contributed by atoms with Gasteiger partial charge < -0.3 is 10.2 Å². The van der Waals surface area contributed by atoms with Crippen LogP contribution in [-0.2, 0) is 11.2 Å². The fourth-order valence-electron chi connectivity index (χ4n) is 1.32. The molecule has 0 aliphatic carbocycles. The van der Waals surface area contributed by atoms with Crippen molar-refractivity contribution in [1.82, 2.24) is 20.4 Å². The van der Waals surface area contributed by atoms with E-state index in [2.05, 4.69) is 29.4 Å². The monoisotopic (exact) mass is 282 g/mol. The summed E-state index contributed by atoms with van der Waals surface area (Å²) in [4.78, 5) is 13.5. The van der Waals surface area contributed by atoms with Crippen molar-refractivity contribution < 1.29 is 4.79 Å². The molecular weight excluding hydrogens is 260 g/mol. The van der Waals surface area contributed by atoms with Crippen molar-refractivity contribution in [3.8, 4) is 0 Å². The Morgan fingerprint density at radius 3 is 2.74 bits per heavy atom. The summed E-state index contributed by atoms with van der Waals surface area (Å²) in [5.74, 6) is 0.352. The molecule has 5 nitrogen and oxygen atoms in total. The quantitative estimate of drug-likeness (QED) is 0.769. The van der Waals surface area contributed by atoms with Gasteiger partial charge in [-0.25, -0.2) is 0 Å². The number of nitrogens with one attached hydrogen (secondary N) is 1. The Labute approximate surface area is 118 Å². The molecule has 0 saturated carbocycles. The van der Waals surface area contributed by atoms with Gasteiger partial charge in [0, 0.05) is 31.5 Å². The van der Waals surface area contributed by atoms with Gasteiger partial charge in [-0.2, -0.15) is 0 Å². The average molecular weight is 282 g/mol. The molecule has 1 aromatic heterocycles. The molecule has 0 saturated heterocycles. The summed E-state index contributed by atoms with van der Waals surface area (Å²) in [6.07, 6.45) is 4.15. The van der Waals surface area contributed by atoms with Crippen molar-refractivity contribution in [2.75, 3.05) is 27.2 Å². The van der Waals surface area contributed by atoms with Gasteiger partial charge in [-0.05, 0) is 14.1 Å². The van der Waals surface area contributed by atoms with Crippen molar-refractivity contribution in [3.05, 3.63) is 22.2 Å². The third-order valence-corrected chi connectivity index (χ3v) is 3.64. The molecule has 1 heterocycles. The topological polar surface area (TPSA) is 58.1 Å². The Kier molecular flexibility index (Phi) is 6.66. The van der Waals surface area contributed by atoms with E-state index in [9.17, 15) is 4.79 Å². The molecule has 0 radical (unpaired) electrons. The van der Waals surface area contributed by atoms with E-state index in [1.807, 2.05) is 25.1 Å². The van der Waals surface area contributed by atoms with Crippen molar-refractivity contribution in [2.45, 2.75) is 26.2 Å². The SMILES string of the molecule is CC(C)c1nnc(CCNC(=O)/C=C/CN(C)C)s1. The lowest BCUT2D eigenvalue weighted by Gasteiger charge is -2.03. The molecule has 1 rings (SSSR count). The molecule has 0 aliphatic rings. The predicted molar refractivity (Wildman–Crippen MR) is 78.4 cm³/mol. The first-order chi connectivity index (χ1) is 8.99. The largest absolute Gasteiger partial charge is 0.352 e. The van der Waals surface area contributed by atoms with Crippen molar-refractivity contribution in [2.24, 2.45) is 0 Å². The molecule has 0 fully saturated rings. The fraction of sp³-hybridized carbons (Fsp3) is 0.615. The number of carbonyl (C=O) groups excluding carboxylic acids is 1. The summed E-state index contributed by atoms with van der Waals surface area (Å²) < 4.78 is 0. The van der Waals surface area contributed by atoms with Crippen LogP contribution >= 0.6 is 11.3 Å². The van der Waals surface area contributed by atoms with E-state index in [0.717, 1.165) is 23.0 Å². The Morgan fingerprint density at radius 1 is 1.42 bits per heavy atom. The number of hydrogen-bond donors (Lipinski definition) is 1. The zero-order chi connectivity index (χ0) is 14.3. The normalized spacial score (nSPS) is 11.7. The van der Waals surface area contributed by atoms with Crippen LogP contribution in [0.15, 0.2) is 12.2 Å². The second kappa shape index (κ2) is 8.01. The summed E-state index contributed by atoms with van der Waals surface area (Å²) in [6, 6.07) is 0. The van der Waals surface area contributed by atoms with Gasteiger partial charge in [0.25, 0.3) is 0 Å². The zero-order valence-corrected chi connectivity index (χ0v) is 12.8. The van der Waals surface area contributed by atoms with Crippen LogP contribution in [0, 0.1) is 0 Å². The van der Waals surface area contributed by atoms with Crippen LogP contribution < -0.4 is 5.32 Å². The van der Waals surface area contributed by atoms with Crippen LogP contribution in [0.5, 0.6) is 0 Å². The Balaban J connectivity index is 2.25. The number of amides is 1. The number of likely N-dealkylation sites (N-methyl/N-ethyl adjacent to an activating group) is 1. The molecule has 19 heavy (non-hydrogen) atoms. The molecule has 0 aliphatic heterocycles. The molecule has 0 aromatic carbocycles. The van der Waals surface area contributed by atoms with Crippen LogP contribution in [0.4, 0.5) is 0 Å². The zero-order valence-electron chi connectivity index (χ0n) is 12.0. The minimum absolute atomic E-state index is 0.0598. The van der Waals surface area contributed by atoms with Crippen LogP contribution in [0.1, 0.15) is 29.8 Å². The van der Waals surface area contributed by atoms with E-state index in [1.54, 1.807) is 17.4 Å². The number of carbonyl (C=O) groups is 1. The van der Waals surface area contributed by atoms with Gasteiger partial charge in [-0.3, -0.25) is 4.79 Å². The maximum atomic E-state index is 11.5. The van der Waals surface area contributed by atoms with Gasteiger partial charge in [-0.1, -0.05) is 19.9 Å². The summed E-state index contributed by atoms with van der Waals surface area (Å²) >= 11 is 1.62. The standard InChI is InChI=1S/C13H22N4OS/c1-10(2)13-16-15-12(19-13)7-8-14-11(18)6-5-9-17(3)4/h5-6,10H,7-9H2,1-4H3,(H,14,18)/b6-5+. The molecular formula is C13H22N4OS. The van der Waals surface area contributed by atoms with Crippen molar-refractivity contribution >= 4 is 17.2 Å². The van der Waals surface area contributed by atoms with E-state index in [-0.39, 0.29) is 5.91 Å². The second-order valence-corrected chi connectivity index (χ2v) is 5.99. The molecule has 0 atom stereocenters. The molecule has 0 bridgehead atoms. The van der Waals surface area contributed by atoms with E-state index in [0.29, 0.717) is 12.5 Å². The molecule has 6 heteroatoms. The number of aromatic nitrogens is 2.